The van der Waals surface area contributed by atoms with Crippen molar-refractivity contribution in [2.45, 2.75) is 32.0 Å². The standard InChI is InChI=1S/C6H14O2Si/c1-6(2,8-9)5-3-4-7-5/h5H,3-4H2,1-2,9H3. The monoisotopic (exact) mass is 146 g/mol. The third kappa shape index (κ3) is 1.34. The molecule has 1 fully saturated rings. The van der Waals surface area contributed by atoms with Crippen molar-refractivity contribution in [3.8, 4) is 0 Å². The van der Waals surface area contributed by atoms with E-state index in [1.165, 1.54) is 0 Å². The Bertz CT molecular complexity index is 99.2. The molecule has 1 atom stereocenters. The minimum Gasteiger partial charge on any atom is -0.420 e. The van der Waals surface area contributed by atoms with E-state index >= 15 is 0 Å². The van der Waals surface area contributed by atoms with E-state index in [1.54, 1.807) is 0 Å². The fourth-order valence-corrected chi connectivity index (χ4v) is 1.18. The molecule has 1 saturated heterocycles. The predicted molar refractivity (Wildman–Crippen MR) is 39.5 cm³/mol. The third-order valence-electron chi connectivity index (χ3n) is 2.00. The Labute approximate surface area is 59.1 Å². The lowest BCUT2D eigenvalue weighted by Gasteiger charge is -2.39. The Morgan fingerprint density at radius 1 is 1.67 bits per heavy atom. The first-order chi connectivity index (χ1) is 4.17. The molecule has 1 unspecified atom stereocenters. The molecule has 0 aliphatic carbocycles. The van der Waals surface area contributed by atoms with Crippen molar-refractivity contribution in [1.29, 1.82) is 0 Å². The maximum atomic E-state index is 5.36. The zero-order valence-corrected chi connectivity index (χ0v) is 8.31. The summed E-state index contributed by atoms with van der Waals surface area (Å²) < 4.78 is 10.6. The summed E-state index contributed by atoms with van der Waals surface area (Å²) >= 11 is 0. The van der Waals surface area contributed by atoms with Gasteiger partial charge in [-0.3, -0.25) is 0 Å². The Balaban J connectivity index is 2.37. The van der Waals surface area contributed by atoms with Crippen molar-refractivity contribution < 1.29 is 9.16 Å². The van der Waals surface area contributed by atoms with Crippen molar-refractivity contribution in [3.05, 3.63) is 0 Å². The highest BCUT2D eigenvalue weighted by Gasteiger charge is 2.34. The summed E-state index contributed by atoms with van der Waals surface area (Å²) in [7, 11) is 0.804. The molecule has 1 rings (SSSR count). The molecule has 0 radical (unpaired) electrons. The molecule has 0 bridgehead atoms. The van der Waals surface area contributed by atoms with Crippen molar-refractivity contribution in [3.63, 3.8) is 0 Å². The summed E-state index contributed by atoms with van der Waals surface area (Å²) in [6, 6.07) is 0. The average molecular weight is 146 g/mol. The molecule has 1 aliphatic rings. The highest BCUT2D eigenvalue weighted by atomic mass is 28.2. The number of rotatable bonds is 2. The summed E-state index contributed by atoms with van der Waals surface area (Å²) in [5.41, 5.74) is -0.0233. The molecule has 0 N–H and O–H groups in total. The number of hydrogen-bond acceptors (Lipinski definition) is 2. The van der Waals surface area contributed by atoms with Gasteiger partial charge in [-0.25, -0.2) is 0 Å². The van der Waals surface area contributed by atoms with Crippen LogP contribution in [-0.2, 0) is 9.16 Å². The molecule has 1 aliphatic heterocycles. The van der Waals surface area contributed by atoms with Crippen LogP contribution in [0.4, 0.5) is 0 Å². The predicted octanol–water partition coefficient (Wildman–Crippen LogP) is -0.149. The average Bonchev–Trinajstić information content (AvgIpc) is 1.60. The Hall–Kier alpha value is 0.137. The smallest absolute Gasteiger partial charge is 0.146 e. The van der Waals surface area contributed by atoms with Gasteiger partial charge >= 0.3 is 0 Å². The Kier molecular flexibility index (Phi) is 1.93. The topological polar surface area (TPSA) is 18.5 Å². The molecule has 3 heteroatoms. The molecule has 0 amide bonds. The van der Waals surface area contributed by atoms with Gasteiger partial charge in [0.25, 0.3) is 0 Å². The second kappa shape index (κ2) is 2.40. The van der Waals surface area contributed by atoms with E-state index in [2.05, 4.69) is 13.8 Å². The lowest BCUT2D eigenvalue weighted by molar-refractivity contribution is -0.143. The maximum absolute atomic E-state index is 5.36. The van der Waals surface area contributed by atoms with Gasteiger partial charge in [-0.05, 0) is 20.3 Å². The largest absolute Gasteiger partial charge is 0.420 e. The van der Waals surface area contributed by atoms with Crippen LogP contribution >= 0.6 is 0 Å². The number of hydrogen-bond donors (Lipinski definition) is 0. The van der Waals surface area contributed by atoms with E-state index in [1.807, 2.05) is 0 Å². The Morgan fingerprint density at radius 3 is 2.33 bits per heavy atom. The van der Waals surface area contributed by atoms with Gasteiger partial charge in [0, 0.05) is 6.61 Å². The molecule has 0 spiro atoms. The van der Waals surface area contributed by atoms with E-state index < -0.39 is 0 Å². The molecule has 9 heavy (non-hydrogen) atoms. The summed E-state index contributed by atoms with van der Waals surface area (Å²) in [5, 5.41) is 0. The summed E-state index contributed by atoms with van der Waals surface area (Å²) in [5.74, 6) is 0. The van der Waals surface area contributed by atoms with E-state index in [4.69, 9.17) is 9.16 Å². The first-order valence-electron chi connectivity index (χ1n) is 3.33. The molecule has 0 saturated carbocycles. The van der Waals surface area contributed by atoms with Gasteiger partial charge in [-0.15, -0.1) is 0 Å². The molecule has 0 aromatic rings. The SMILES string of the molecule is CC(C)(O[SiH3])C1CCO1. The minimum absolute atomic E-state index is 0.0233. The van der Waals surface area contributed by atoms with Crippen LogP contribution in [0.15, 0.2) is 0 Å². The Morgan fingerprint density at radius 2 is 2.22 bits per heavy atom. The van der Waals surface area contributed by atoms with Crippen molar-refractivity contribution in [2.75, 3.05) is 6.61 Å². The van der Waals surface area contributed by atoms with E-state index in [0.29, 0.717) is 6.10 Å². The van der Waals surface area contributed by atoms with Crippen LogP contribution in [0.3, 0.4) is 0 Å². The van der Waals surface area contributed by atoms with Crippen molar-refractivity contribution in [1.82, 2.24) is 0 Å². The zero-order chi connectivity index (χ0) is 6.91. The minimum atomic E-state index is -0.0233. The normalized spacial score (nSPS) is 28.0. The maximum Gasteiger partial charge on any atom is 0.146 e. The second-order valence-corrected chi connectivity index (χ2v) is 3.36. The fourth-order valence-electron chi connectivity index (χ4n) is 0.915. The van der Waals surface area contributed by atoms with Gasteiger partial charge < -0.3 is 9.16 Å². The van der Waals surface area contributed by atoms with Gasteiger partial charge in [-0.2, -0.15) is 0 Å². The number of ether oxygens (including phenoxy) is 1. The molecule has 54 valence electrons. The van der Waals surface area contributed by atoms with Crippen LogP contribution in [0.2, 0.25) is 0 Å². The fraction of sp³-hybridized carbons (Fsp3) is 1.00. The van der Waals surface area contributed by atoms with E-state index in [0.717, 1.165) is 23.5 Å². The molecular weight excluding hydrogens is 132 g/mol. The quantitative estimate of drug-likeness (QED) is 0.504. The van der Waals surface area contributed by atoms with Gasteiger partial charge in [0.05, 0.1) is 11.7 Å². The second-order valence-electron chi connectivity index (χ2n) is 2.96. The van der Waals surface area contributed by atoms with E-state index in [9.17, 15) is 0 Å². The van der Waals surface area contributed by atoms with Crippen LogP contribution in [0.1, 0.15) is 20.3 Å². The molecule has 0 aromatic heterocycles. The van der Waals surface area contributed by atoms with Crippen LogP contribution in [0, 0.1) is 0 Å². The van der Waals surface area contributed by atoms with Gasteiger partial charge in [0.15, 0.2) is 0 Å². The van der Waals surface area contributed by atoms with Gasteiger partial charge in [0.1, 0.15) is 10.5 Å². The van der Waals surface area contributed by atoms with Crippen LogP contribution in [-0.4, -0.2) is 28.8 Å². The lowest BCUT2D eigenvalue weighted by Crippen LogP contribution is -2.47. The van der Waals surface area contributed by atoms with Gasteiger partial charge in [-0.1, -0.05) is 0 Å². The highest BCUT2D eigenvalue weighted by molar-refractivity contribution is 5.98. The van der Waals surface area contributed by atoms with Crippen molar-refractivity contribution >= 4 is 10.5 Å². The summed E-state index contributed by atoms with van der Waals surface area (Å²) in [6.07, 6.45) is 1.52. The summed E-state index contributed by atoms with van der Waals surface area (Å²) in [6.45, 7) is 5.09. The zero-order valence-electron chi connectivity index (χ0n) is 6.31. The first kappa shape index (κ1) is 7.25. The highest BCUT2D eigenvalue weighted by Crippen LogP contribution is 2.25. The molecule has 2 nitrogen and oxygen atoms in total. The third-order valence-corrected chi connectivity index (χ3v) is 3.05. The van der Waals surface area contributed by atoms with Crippen LogP contribution in [0.25, 0.3) is 0 Å². The van der Waals surface area contributed by atoms with Crippen LogP contribution < -0.4 is 0 Å². The van der Waals surface area contributed by atoms with E-state index in [-0.39, 0.29) is 5.60 Å². The lowest BCUT2D eigenvalue weighted by atomic mass is 9.96. The first-order valence-corrected chi connectivity index (χ1v) is 4.15. The molecule has 1 heterocycles. The summed E-state index contributed by atoms with van der Waals surface area (Å²) in [4.78, 5) is 0. The molecular formula is C6H14O2Si. The molecule has 0 aromatic carbocycles. The van der Waals surface area contributed by atoms with Gasteiger partial charge in [0.2, 0.25) is 0 Å². The van der Waals surface area contributed by atoms with Crippen LogP contribution in [0.5, 0.6) is 0 Å². The van der Waals surface area contributed by atoms with Crippen molar-refractivity contribution in [2.24, 2.45) is 0 Å².